The predicted molar refractivity (Wildman–Crippen MR) is 101 cm³/mol. The van der Waals surface area contributed by atoms with E-state index in [0.717, 1.165) is 12.1 Å². The van der Waals surface area contributed by atoms with Gasteiger partial charge in [0.05, 0.1) is 0 Å². The molecule has 2 rings (SSSR count). The Bertz CT molecular complexity index is 594. The van der Waals surface area contributed by atoms with E-state index in [1.165, 1.54) is 5.56 Å². The van der Waals surface area contributed by atoms with Crippen molar-refractivity contribution in [1.29, 1.82) is 0 Å². The van der Waals surface area contributed by atoms with Crippen LogP contribution in [0.1, 0.15) is 43.1 Å². The minimum atomic E-state index is 0.0563. The quantitative estimate of drug-likeness (QED) is 0.840. The third-order valence-corrected chi connectivity index (χ3v) is 4.69. The second-order valence-corrected chi connectivity index (χ2v) is 8.05. The van der Waals surface area contributed by atoms with Gasteiger partial charge >= 0.3 is 0 Å². The highest BCUT2D eigenvalue weighted by Crippen LogP contribution is 2.22. The first kappa shape index (κ1) is 19.4. The topological polar surface area (TPSA) is 43.9 Å². The summed E-state index contributed by atoms with van der Waals surface area (Å²) < 4.78 is 0. The molecule has 1 aliphatic heterocycles. The van der Waals surface area contributed by atoms with Crippen LogP contribution in [0.15, 0.2) is 24.3 Å². The van der Waals surface area contributed by atoms with Crippen LogP contribution in [0.3, 0.4) is 0 Å². The van der Waals surface area contributed by atoms with Crippen molar-refractivity contribution in [3.8, 4) is 0 Å². The zero-order valence-corrected chi connectivity index (χ0v) is 16.2. The Kier molecular flexibility index (Phi) is 6.22. The van der Waals surface area contributed by atoms with Gasteiger partial charge in [-0.3, -0.25) is 9.59 Å². The highest BCUT2D eigenvalue weighted by molar-refractivity contribution is 5.94. The van der Waals surface area contributed by atoms with E-state index in [4.69, 9.17) is 0 Å². The van der Waals surface area contributed by atoms with E-state index < -0.39 is 0 Å². The molecule has 1 aliphatic rings. The molecule has 0 atom stereocenters. The summed E-state index contributed by atoms with van der Waals surface area (Å²) in [6.07, 6.45) is 0.537. The number of nitrogens with zero attached hydrogens (tertiary/aromatic N) is 3. The van der Waals surface area contributed by atoms with Crippen molar-refractivity contribution in [3.05, 3.63) is 35.4 Å². The van der Waals surface area contributed by atoms with Gasteiger partial charge < -0.3 is 14.7 Å². The van der Waals surface area contributed by atoms with E-state index in [0.29, 0.717) is 32.6 Å². The molecule has 5 nitrogen and oxygen atoms in total. The SMILES string of the molecule is CN(C)CCC(=O)N1CCN(C(=O)c2ccc(C(C)(C)C)cc2)CC1. The second kappa shape index (κ2) is 8.00. The molecule has 1 aromatic rings. The van der Waals surface area contributed by atoms with Gasteiger partial charge in [0, 0.05) is 44.7 Å². The molecule has 5 heteroatoms. The summed E-state index contributed by atoms with van der Waals surface area (Å²) in [5.74, 6) is 0.233. The van der Waals surface area contributed by atoms with Gasteiger partial charge in [0.2, 0.25) is 5.91 Å². The Morgan fingerprint density at radius 3 is 1.96 bits per heavy atom. The Balaban J connectivity index is 1.90. The number of benzene rings is 1. The summed E-state index contributed by atoms with van der Waals surface area (Å²) >= 11 is 0. The molecule has 0 spiro atoms. The molecule has 1 aromatic carbocycles. The summed E-state index contributed by atoms with van der Waals surface area (Å²) in [7, 11) is 3.93. The molecule has 0 aliphatic carbocycles. The number of carbonyl (C=O) groups is 2. The van der Waals surface area contributed by atoms with Crippen LogP contribution in [-0.2, 0) is 10.2 Å². The molecule has 1 saturated heterocycles. The van der Waals surface area contributed by atoms with E-state index in [1.807, 2.05) is 53.1 Å². The number of carbonyl (C=O) groups excluding carboxylic acids is 2. The summed E-state index contributed by atoms with van der Waals surface area (Å²) in [6.45, 7) is 9.71. The summed E-state index contributed by atoms with van der Waals surface area (Å²) in [5, 5.41) is 0. The smallest absolute Gasteiger partial charge is 0.253 e. The molecule has 25 heavy (non-hydrogen) atoms. The average Bonchev–Trinajstić information content (AvgIpc) is 2.58. The van der Waals surface area contributed by atoms with Crippen molar-refractivity contribution in [2.45, 2.75) is 32.6 Å². The van der Waals surface area contributed by atoms with Crippen LogP contribution >= 0.6 is 0 Å². The van der Waals surface area contributed by atoms with Gasteiger partial charge in [-0.1, -0.05) is 32.9 Å². The number of hydrogen-bond acceptors (Lipinski definition) is 3. The van der Waals surface area contributed by atoms with Crippen LogP contribution in [0.4, 0.5) is 0 Å². The average molecular weight is 345 g/mol. The molecule has 0 saturated carbocycles. The molecule has 0 unspecified atom stereocenters. The lowest BCUT2D eigenvalue weighted by atomic mass is 9.86. The maximum Gasteiger partial charge on any atom is 0.253 e. The van der Waals surface area contributed by atoms with Crippen molar-refractivity contribution in [2.75, 3.05) is 46.8 Å². The van der Waals surface area contributed by atoms with Crippen LogP contribution in [0.2, 0.25) is 0 Å². The van der Waals surface area contributed by atoms with Crippen molar-refractivity contribution in [1.82, 2.24) is 14.7 Å². The molecule has 1 heterocycles. The van der Waals surface area contributed by atoms with Crippen LogP contribution in [-0.4, -0.2) is 73.3 Å². The van der Waals surface area contributed by atoms with Crippen LogP contribution in [0, 0.1) is 0 Å². The van der Waals surface area contributed by atoms with Gasteiger partial charge in [-0.15, -0.1) is 0 Å². The fourth-order valence-electron chi connectivity index (χ4n) is 2.93. The van der Waals surface area contributed by atoms with Crippen molar-refractivity contribution in [2.24, 2.45) is 0 Å². The van der Waals surface area contributed by atoms with E-state index in [1.54, 1.807) is 0 Å². The number of hydrogen-bond donors (Lipinski definition) is 0. The first-order valence-electron chi connectivity index (χ1n) is 9.01. The molecular weight excluding hydrogens is 314 g/mol. The van der Waals surface area contributed by atoms with Crippen LogP contribution < -0.4 is 0 Å². The third kappa shape index (κ3) is 5.30. The summed E-state index contributed by atoms with van der Waals surface area (Å²) in [4.78, 5) is 30.6. The zero-order valence-electron chi connectivity index (χ0n) is 16.2. The lowest BCUT2D eigenvalue weighted by Crippen LogP contribution is -2.50. The first-order chi connectivity index (χ1) is 11.7. The summed E-state index contributed by atoms with van der Waals surface area (Å²) in [6, 6.07) is 7.90. The lowest BCUT2D eigenvalue weighted by Gasteiger charge is -2.35. The fraction of sp³-hybridized carbons (Fsp3) is 0.600. The largest absolute Gasteiger partial charge is 0.339 e. The van der Waals surface area contributed by atoms with Crippen LogP contribution in [0.5, 0.6) is 0 Å². The molecule has 0 bridgehead atoms. The molecular formula is C20H31N3O2. The predicted octanol–water partition coefficient (Wildman–Crippen LogP) is 2.22. The van der Waals surface area contributed by atoms with Crippen LogP contribution in [0.25, 0.3) is 0 Å². The Labute approximate surface area is 151 Å². The van der Waals surface area contributed by atoms with Crippen molar-refractivity contribution >= 4 is 11.8 Å². The second-order valence-electron chi connectivity index (χ2n) is 8.05. The van der Waals surface area contributed by atoms with Gasteiger partial charge in [-0.25, -0.2) is 0 Å². The maximum atomic E-state index is 12.7. The van der Waals surface area contributed by atoms with Gasteiger partial charge in [0.1, 0.15) is 0 Å². The monoisotopic (exact) mass is 345 g/mol. The molecule has 138 valence electrons. The van der Waals surface area contributed by atoms with E-state index >= 15 is 0 Å². The number of amides is 2. The van der Waals surface area contributed by atoms with Gasteiger partial charge in [-0.2, -0.15) is 0 Å². The highest BCUT2D eigenvalue weighted by Gasteiger charge is 2.25. The summed E-state index contributed by atoms with van der Waals surface area (Å²) in [5.41, 5.74) is 2.03. The Morgan fingerprint density at radius 1 is 0.960 bits per heavy atom. The van der Waals surface area contributed by atoms with Gasteiger partial charge in [0.25, 0.3) is 5.91 Å². The molecule has 2 amide bonds. The van der Waals surface area contributed by atoms with Crippen molar-refractivity contribution in [3.63, 3.8) is 0 Å². The zero-order chi connectivity index (χ0) is 18.6. The highest BCUT2D eigenvalue weighted by atomic mass is 16.2. The van der Waals surface area contributed by atoms with Gasteiger partial charge in [0.15, 0.2) is 0 Å². The Hall–Kier alpha value is -1.88. The minimum absolute atomic E-state index is 0.0563. The lowest BCUT2D eigenvalue weighted by molar-refractivity contribution is -0.132. The third-order valence-electron chi connectivity index (χ3n) is 4.69. The van der Waals surface area contributed by atoms with E-state index in [2.05, 4.69) is 20.8 Å². The molecule has 0 N–H and O–H groups in total. The van der Waals surface area contributed by atoms with E-state index in [-0.39, 0.29) is 17.2 Å². The van der Waals surface area contributed by atoms with Crippen molar-refractivity contribution < 1.29 is 9.59 Å². The number of piperazine rings is 1. The number of rotatable bonds is 4. The van der Waals surface area contributed by atoms with E-state index in [9.17, 15) is 9.59 Å². The van der Waals surface area contributed by atoms with Gasteiger partial charge in [-0.05, 0) is 37.2 Å². The molecule has 1 fully saturated rings. The minimum Gasteiger partial charge on any atom is -0.339 e. The first-order valence-corrected chi connectivity index (χ1v) is 9.01. The fourth-order valence-corrected chi connectivity index (χ4v) is 2.93. The Morgan fingerprint density at radius 2 is 1.48 bits per heavy atom. The maximum absolute atomic E-state index is 12.7. The standard InChI is InChI=1S/C20H31N3O2/c1-20(2,3)17-8-6-16(7-9-17)19(25)23-14-12-22(13-15-23)18(24)10-11-21(4)5/h6-9H,10-15H2,1-5H3. The normalized spacial score (nSPS) is 15.6. The molecule has 0 radical (unpaired) electrons. The molecule has 0 aromatic heterocycles.